The highest BCUT2D eigenvalue weighted by molar-refractivity contribution is 5.60. The largest absolute Gasteiger partial charge is 0.490 e. The van der Waals surface area contributed by atoms with Crippen molar-refractivity contribution in [2.75, 3.05) is 18.6 Å². The molecule has 1 aliphatic rings. The van der Waals surface area contributed by atoms with Gasteiger partial charge in [0.05, 0.1) is 12.0 Å². The summed E-state index contributed by atoms with van der Waals surface area (Å²) < 4.78 is 5.07. The minimum atomic E-state index is -0.443. The Hall–Kier alpha value is -1.82. The van der Waals surface area contributed by atoms with Crippen LogP contribution >= 0.6 is 0 Å². The Balaban J connectivity index is 2.33. The van der Waals surface area contributed by atoms with Crippen molar-refractivity contribution in [3.8, 4) is 5.75 Å². The van der Waals surface area contributed by atoms with E-state index >= 15 is 0 Å². The Morgan fingerprint density at radius 3 is 2.78 bits per heavy atom. The molecule has 2 N–H and O–H groups in total. The number of nitro benzene ring substituents is 1. The van der Waals surface area contributed by atoms with Gasteiger partial charge in [0.25, 0.3) is 0 Å². The maximum atomic E-state index is 10.8. The Bertz CT molecular complexity index is 464. The van der Waals surface area contributed by atoms with Crippen LogP contribution in [-0.4, -0.2) is 30.7 Å². The normalized spacial score (nSPS) is 23.2. The van der Waals surface area contributed by atoms with E-state index in [1.54, 1.807) is 12.1 Å². The SMILES string of the molecule is COc1cc(N2CCC(N)C2C)ccc1[N+](=O)[O-]. The minimum Gasteiger partial charge on any atom is -0.490 e. The summed E-state index contributed by atoms with van der Waals surface area (Å²) in [6.45, 7) is 2.93. The molecular weight excluding hydrogens is 234 g/mol. The van der Waals surface area contributed by atoms with Gasteiger partial charge in [0.2, 0.25) is 0 Å². The van der Waals surface area contributed by atoms with Gasteiger partial charge in [0, 0.05) is 36.4 Å². The van der Waals surface area contributed by atoms with Gasteiger partial charge in [-0.2, -0.15) is 0 Å². The number of nitro groups is 1. The number of anilines is 1. The number of nitrogens with two attached hydrogens (primary N) is 1. The Morgan fingerprint density at radius 1 is 1.56 bits per heavy atom. The lowest BCUT2D eigenvalue weighted by Crippen LogP contribution is -2.36. The van der Waals surface area contributed by atoms with Crippen LogP contribution in [0.3, 0.4) is 0 Å². The molecule has 2 rings (SSSR count). The number of hydrogen-bond acceptors (Lipinski definition) is 5. The van der Waals surface area contributed by atoms with Crippen molar-refractivity contribution in [3.05, 3.63) is 28.3 Å². The van der Waals surface area contributed by atoms with E-state index in [2.05, 4.69) is 11.8 Å². The van der Waals surface area contributed by atoms with Crippen LogP contribution in [0.2, 0.25) is 0 Å². The Kier molecular flexibility index (Phi) is 3.38. The second-order valence-corrected chi connectivity index (χ2v) is 4.50. The van der Waals surface area contributed by atoms with Gasteiger partial charge < -0.3 is 15.4 Å². The van der Waals surface area contributed by atoms with Crippen LogP contribution in [0.25, 0.3) is 0 Å². The quantitative estimate of drug-likeness (QED) is 0.650. The zero-order valence-electron chi connectivity index (χ0n) is 10.5. The lowest BCUT2D eigenvalue weighted by Gasteiger charge is -2.25. The van der Waals surface area contributed by atoms with E-state index in [0.29, 0.717) is 0 Å². The maximum Gasteiger partial charge on any atom is 0.311 e. The van der Waals surface area contributed by atoms with E-state index in [-0.39, 0.29) is 23.5 Å². The zero-order valence-corrected chi connectivity index (χ0v) is 10.5. The molecule has 2 unspecified atom stereocenters. The molecule has 0 aromatic heterocycles. The molecule has 0 aliphatic carbocycles. The van der Waals surface area contributed by atoms with Crippen LogP contribution < -0.4 is 15.4 Å². The molecule has 1 aliphatic heterocycles. The van der Waals surface area contributed by atoms with Gasteiger partial charge >= 0.3 is 5.69 Å². The standard InChI is InChI=1S/C12H17N3O3/c1-8-10(13)5-6-14(8)9-3-4-11(15(16)17)12(7-9)18-2/h3-4,7-8,10H,5-6,13H2,1-2H3. The van der Waals surface area contributed by atoms with Crippen molar-refractivity contribution in [1.29, 1.82) is 0 Å². The number of hydrogen-bond donors (Lipinski definition) is 1. The van der Waals surface area contributed by atoms with Crippen LogP contribution in [0.15, 0.2) is 18.2 Å². The Morgan fingerprint density at radius 2 is 2.28 bits per heavy atom. The highest BCUT2D eigenvalue weighted by atomic mass is 16.6. The van der Waals surface area contributed by atoms with Crippen molar-refractivity contribution in [2.45, 2.75) is 25.4 Å². The predicted molar refractivity (Wildman–Crippen MR) is 69.0 cm³/mol. The number of methoxy groups -OCH3 is 1. The minimum absolute atomic E-state index is 0.0163. The van der Waals surface area contributed by atoms with Gasteiger partial charge in [-0.05, 0) is 19.4 Å². The average molecular weight is 251 g/mol. The van der Waals surface area contributed by atoms with Gasteiger partial charge in [-0.15, -0.1) is 0 Å². The zero-order chi connectivity index (χ0) is 13.3. The van der Waals surface area contributed by atoms with E-state index in [4.69, 9.17) is 10.5 Å². The van der Waals surface area contributed by atoms with Crippen molar-refractivity contribution in [3.63, 3.8) is 0 Å². The fourth-order valence-corrected chi connectivity index (χ4v) is 2.32. The van der Waals surface area contributed by atoms with Crippen LogP contribution in [-0.2, 0) is 0 Å². The van der Waals surface area contributed by atoms with E-state index in [9.17, 15) is 10.1 Å². The molecule has 0 bridgehead atoms. The van der Waals surface area contributed by atoms with Gasteiger partial charge in [0.1, 0.15) is 0 Å². The first kappa shape index (κ1) is 12.6. The average Bonchev–Trinajstić information content (AvgIpc) is 2.69. The highest BCUT2D eigenvalue weighted by Crippen LogP contribution is 2.33. The molecule has 0 spiro atoms. The van der Waals surface area contributed by atoms with E-state index in [1.807, 2.05) is 0 Å². The molecule has 1 fully saturated rings. The van der Waals surface area contributed by atoms with E-state index in [1.165, 1.54) is 13.2 Å². The number of benzene rings is 1. The first-order valence-corrected chi connectivity index (χ1v) is 5.89. The number of ether oxygens (including phenoxy) is 1. The topological polar surface area (TPSA) is 81.6 Å². The van der Waals surface area contributed by atoms with Crippen molar-refractivity contribution in [2.24, 2.45) is 5.73 Å². The van der Waals surface area contributed by atoms with Crippen molar-refractivity contribution in [1.82, 2.24) is 0 Å². The Labute approximate surface area is 105 Å². The third kappa shape index (κ3) is 2.11. The molecule has 18 heavy (non-hydrogen) atoms. The second-order valence-electron chi connectivity index (χ2n) is 4.50. The molecule has 1 heterocycles. The van der Waals surface area contributed by atoms with Gasteiger partial charge in [-0.25, -0.2) is 0 Å². The van der Waals surface area contributed by atoms with Crippen LogP contribution in [0.4, 0.5) is 11.4 Å². The molecule has 1 aromatic rings. The van der Waals surface area contributed by atoms with E-state index in [0.717, 1.165) is 18.7 Å². The molecular formula is C12H17N3O3. The molecule has 98 valence electrons. The lowest BCUT2D eigenvalue weighted by atomic mass is 10.1. The highest BCUT2D eigenvalue weighted by Gasteiger charge is 2.29. The summed E-state index contributed by atoms with van der Waals surface area (Å²) in [5.41, 5.74) is 6.87. The van der Waals surface area contributed by atoms with Crippen molar-refractivity contribution < 1.29 is 9.66 Å². The predicted octanol–water partition coefficient (Wildman–Crippen LogP) is 1.53. The summed E-state index contributed by atoms with van der Waals surface area (Å²) in [5.74, 6) is 0.283. The van der Waals surface area contributed by atoms with Crippen LogP contribution in [0.5, 0.6) is 5.75 Å². The second kappa shape index (κ2) is 4.81. The number of nitrogens with zero attached hydrogens (tertiary/aromatic N) is 2. The summed E-state index contributed by atoms with van der Waals surface area (Å²) in [7, 11) is 1.44. The van der Waals surface area contributed by atoms with Gasteiger partial charge in [-0.1, -0.05) is 0 Å². The number of rotatable bonds is 3. The molecule has 0 radical (unpaired) electrons. The molecule has 1 aromatic carbocycles. The molecule has 0 saturated carbocycles. The summed E-state index contributed by atoms with van der Waals surface area (Å²) in [6, 6.07) is 5.30. The molecule has 1 saturated heterocycles. The van der Waals surface area contributed by atoms with Crippen LogP contribution in [0, 0.1) is 10.1 Å². The molecule has 6 nitrogen and oxygen atoms in total. The van der Waals surface area contributed by atoms with Crippen molar-refractivity contribution >= 4 is 11.4 Å². The van der Waals surface area contributed by atoms with E-state index < -0.39 is 4.92 Å². The third-order valence-corrected chi connectivity index (χ3v) is 3.51. The fraction of sp³-hybridized carbons (Fsp3) is 0.500. The third-order valence-electron chi connectivity index (χ3n) is 3.51. The molecule has 0 amide bonds. The summed E-state index contributed by atoms with van der Waals surface area (Å²) in [4.78, 5) is 12.5. The van der Waals surface area contributed by atoms with Crippen LogP contribution in [0.1, 0.15) is 13.3 Å². The smallest absolute Gasteiger partial charge is 0.311 e. The maximum absolute atomic E-state index is 10.8. The van der Waals surface area contributed by atoms with Gasteiger partial charge in [0.15, 0.2) is 5.75 Å². The lowest BCUT2D eigenvalue weighted by molar-refractivity contribution is -0.385. The molecule has 2 atom stereocenters. The molecule has 6 heteroatoms. The first-order valence-electron chi connectivity index (χ1n) is 5.89. The summed E-state index contributed by atoms with van der Waals surface area (Å²) in [5, 5.41) is 10.8. The monoisotopic (exact) mass is 251 g/mol. The summed E-state index contributed by atoms with van der Waals surface area (Å²) >= 11 is 0. The fourth-order valence-electron chi connectivity index (χ4n) is 2.32. The van der Waals surface area contributed by atoms with Gasteiger partial charge in [-0.3, -0.25) is 10.1 Å². The first-order chi connectivity index (χ1) is 8.54. The summed E-state index contributed by atoms with van der Waals surface area (Å²) in [6.07, 6.45) is 0.931.